The van der Waals surface area contributed by atoms with Gasteiger partial charge < -0.3 is 9.73 Å². The molecule has 1 aromatic heterocycles. The Morgan fingerprint density at radius 3 is 2.71 bits per heavy atom. The molecule has 1 aliphatic rings. The van der Waals surface area contributed by atoms with E-state index in [-0.39, 0.29) is 11.9 Å². The molecule has 2 atom stereocenters. The number of carbonyl (C=O) groups excluding carboxylic acids is 1. The van der Waals surface area contributed by atoms with Crippen LogP contribution in [0.25, 0.3) is 0 Å². The molecule has 17 heavy (non-hydrogen) atoms. The van der Waals surface area contributed by atoms with Crippen LogP contribution >= 0.6 is 15.9 Å². The van der Waals surface area contributed by atoms with E-state index < -0.39 is 0 Å². The molecule has 5 heteroatoms. The van der Waals surface area contributed by atoms with Crippen molar-refractivity contribution in [3.8, 4) is 0 Å². The zero-order valence-electron chi connectivity index (χ0n) is 10.1. The van der Waals surface area contributed by atoms with E-state index in [4.69, 9.17) is 4.42 Å². The number of carbonyl (C=O) groups is 1. The number of hydrogen-bond donors (Lipinski definition) is 1. The smallest absolute Gasteiger partial charge is 0.289 e. The van der Waals surface area contributed by atoms with Crippen LogP contribution in [0.2, 0.25) is 0 Å². The van der Waals surface area contributed by atoms with Gasteiger partial charge in [0.1, 0.15) is 0 Å². The lowest BCUT2D eigenvalue weighted by Gasteiger charge is -2.27. The van der Waals surface area contributed by atoms with Gasteiger partial charge in [0.25, 0.3) is 5.91 Å². The van der Waals surface area contributed by atoms with Crippen molar-refractivity contribution in [3.05, 3.63) is 17.3 Å². The first-order valence-electron chi connectivity index (χ1n) is 5.97. The molecule has 0 radical (unpaired) electrons. The summed E-state index contributed by atoms with van der Waals surface area (Å²) in [4.78, 5) is 16.5. The number of halogens is 1. The first-order valence-corrected chi connectivity index (χ1v) is 6.88. The average Bonchev–Trinajstić information content (AvgIpc) is 2.61. The van der Waals surface area contributed by atoms with Crippen LogP contribution in [0.15, 0.2) is 4.42 Å². The van der Waals surface area contributed by atoms with Crippen LogP contribution in [0.1, 0.15) is 47.8 Å². The first kappa shape index (κ1) is 12.6. The molecule has 0 saturated heterocycles. The van der Waals surface area contributed by atoms with Gasteiger partial charge in [-0.15, -0.1) is 0 Å². The highest BCUT2D eigenvalue weighted by Gasteiger charge is 2.26. The van der Waals surface area contributed by atoms with Gasteiger partial charge in [-0.2, -0.15) is 0 Å². The Hall–Kier alpha value is -0.840. The van der Waals surface area contributed by atoms with Crippen LogP contribution in [-0.2, 0) is 0 Å². The van der Waals surface area contributed by atoms with Crippen molar-refractivity contribution in [2.24, 2.45) is 0 Å². The molecular formula is C12H17BrN2O2. The number of amides is 1. The van der Waals surface area contributed by atoms with E-state index in [9.17, 15) is 4.79 Å². The van der Waals surface area contributed by atoms with Crippen LogP contribution in [0.4, 0.5) is 0 Å². The summed E-state index contributed by atoms with van der Waals surface area (Å²) in [6, 6.07) is 0.195. The van der Waals surface area contributed by atoms with Crippen molar-refractivity contribution in [1.82, 2.24) is 10.3 Å². The predicted octanol–water partition coefficient (Wildman–Crippen LogP) is 2.73. The minimum absolute atomic E-state index is 0.153. The molecule has 1 heterocycles. The third kappa shape index (κ3) is 2.89. The molecule has 2 unspecified atom stereocenters. The number of hydrogen-bond acceptors (Lipinski definition) is 3. The monoisotopic (exact) mass is 300 g/mol. The number of nitrogens with zero attached hydrogens (tertiary/aromatic N) is 1. The number of aryl methyl sites for hydroxylation is 2. The molecule has 1 fully saturated rings. The molecule has 2 rings (SSSR count). The molecule has 94 valence electrons. The van der Waals surface area contributed by atoms with Crippen molar-refractivity contribution in [2.75, 3.05) is 0 Å². The molecule has 0 aliphatic heterocycles. The van der Waals surface area contributed by atoms with Gasteiger partial charge in [0.2, 0.25) is 5.76 Å². The van der Waals surface area contributed by atoms with Gasteiger partial charge in [-0.25, -0.2) is 4.98 Å². The normalized spacial score (nSPS) is 24.6. The summed E-state index contributed by atoms with van der Waals surface area (Å²) in [5, 5.41) is 3.02. The molecule has 4 nitrogen and oxygen atoms in total. The van der Waals surface area contributed by atoms with Crippen LogP contribution in [0.3, 0.4) is 0 Å². The van der Waals surface area contributed by atoms with E-state index in [2.05, 4.69) is 26.2 Å². The SMILES string of the molecule is Cc1nc(C)c(C(=O)NC2CCCCC2Br)o1. The highest BCUT2D eigenvalue weighted by molar-refractivity contribution is 9.09. The van der Waals surface area contributed by atoms with Crippen molar-refractivity contribution in [1.29, 1.82) is 0 Å². The minimum Gasteiger partial charge on any atom is -0.436 e. The van der Waals surface area contributed by atoms with Crippen LogP contribution < -0.4 is 5.32 Å². The summed E-state index contributed by atoms with van der Waals surface area (Å²) >= 11 is 3.62. The predicted molar refractivity (Wildman–Crippen MR) is 68.4 cm³/mol. The third-order valence-electron chi connectivity index (χ3n) is 3.11. The number of aromatic nitrogens is 1. The average molecular weight is 301 g/mol. The Bertz CT molecular complexity index is 417. The van der Waals surface area contributed by atoms with E-state index in [1.165, 1.54) is 12.8 Å². The van der Waals surface area contributed by atoms with E-state index in [0.29, 0.717) is 22.2 Å². The fourth-order valence-electron chi connectivity index (χ4n) is 2.22. The standard InChI is InChI=1S/C12H17BrN2O2/c1-7-11(17-8(2)14-7)12(16)15-10-6-4-3-5-9(10)13/h9-10H,3-6H2,1-2H3,(H,15,16). The van der Waals surface area contributed by atoms with Gasteiger partial charge in [0, 0.05) is 17.8 Å². The number of alkyl halides is 1. The van der Waals surface area contributed by atoms with Crippen molar-refractivity contribution >= 4 is 21.8 Å². The Balaban J connectivity index is 2.03. The summed E-state index contributed by atoms with van der Waals surface area (Å²) in [6.07, 6.45) is 4.53. The Kier molecular flexibility index (Phi) is 3.86. The summed E-state index contributed by atoms with van der Waals surface area (Å²) in [6.45, 7) is 3.54. The summed E-state index contributed by atoms with van der Waals surface area (Å²) in [7, 11) is 0. The molecule has 1 aromatic rings. The summed E-state index contributed by atoms with van der Waals surface area (Å²) in [5.41, 5.74) is 0.655. The van der Waals surface area contributed by atoms with E-state index >= 15 is 0 Å². The van der Waals surface area contributed by atoms with Gasteiger partial charge in [-0.1, -0.05) is 28.8 Å². The number of oxazole rings is 1. The molecule has 0 spiro atoms. The van der Waals surface area contributed by atoms with E-state index in [0.717, 1.165) is 12.8 Å². The minimum atomic E-state index is -0.153. The van der Waals surface area contributed by atoms with Crippen LogP contribution in [0.5, 0.6) is 0 Å². The molecule has 1 N–H and O–H groups in total. The Morgan fingerprint density at radius 2 is 2.12 bits per heavy atom. The van der Waals surface area contributed by atoms with Gasteiger partial charge >= 0.3 is 0 Å². The summed E-state index contributed by atoms with van der Waals surface area (Å²) in [5.74, 6) is 0.721. The lowest BCUT2D eigenvalue weighted by Crippen LogP contribution is -2.42. The number of rotatable bonds is 2. The third-order valence-corrected chi connectivity index (χ3v) is 4.20. The zero-order valence-corrected chi connectivity index (χ0v) is 11.7. The largest absolute Gasteiger partial charge is 0.436 e. The maximum Gasteiger partial charge on any atom is 0.289 e. The van der Waals surface area contributed by atoms with E-state index in [1.807, 2.05) is 0 Å². The highest BCUT2D eigenvalue weighted by Crippen LogP contribution is 2.25. The second kappa shape index (κ2) is 5.21. The fourth-order valence-corrected chi connectivity index (χ4v) is 2.94. The number of nitrogens with one attached hydrogen (secondary N) is 1. The quantitative estimate of drug-likeness (QED) is 0.855. The zero-order chi connectivity index (χ0) is 12.4. The van der Waals surface area contributed by atoms with Crippen molar-refractivity contribution in [2.45, 2.75) is 50.4 Å². The van der Waals surface area contributed by atoms with Crippen molar-refractivity contribution in [3.63, 3.8) is 0 Å². The maximum atomic E-state index is 12.0. The molecule has 0 bridgehead atoms. The molecule has 0 aromatic carbocycles. The van der Waals surface area contributed by atoms with Crippen LogP contribution in [0, 0.1) is 13.8 Å². The first-order chi connectivity index (χ1) is 8.08. The highest BCUT2D eigenvalue weighted by atomic mass is 79.9. The second-order valence-corrected chi connectivity index (χ2v) is 5.70. The lowest BCUT2D eigenvalue weighted by atomic mass is 9.95. The van der Waals surface area contributed by atoms with Gasteiger partial charge in [-0.3, -0.25) is 4.79 Å². The van der Waals surface area contributed by atoms with Gasteiger partial charge in [0.05, 0.1) is 5.69 Å². The maximum absolute atomic E-state index is 12.0. The molecular weight excluding hydrogens is 284 g/mol. The summed E-state index contributed by atoms with van der Waals surface area (Å²) < 4.78 is 5.31. The lowest BCUT2D eigenvalue weighted by molar-refractivity contribution is 0.0899. The van der Waals surface area contributed by atoms with Crippen molar-refractivity contribution < 1.29 is 9.21 Å². The second-order valence-electron chi connectivity index (χ2n) is 4.53. The van der Waals surface area contributed by atoms with Gasteiger partial charge in [-0.05, 0) is 19.8 Å². The topological polar surface area (TPSA) is 55.1 Å². The van der Waals surface area contributed by atoms with Crippen LogP contribution in [-0.4, -0.2) is 21.8 Å². The van der Waals surface area contributed by atoms with E-state index in [1.54, 1.807) is 13.8 Å². The Labute approximate surface area is 109 Å². The Morgan fingerprint density at radius 1 is 1.41 bits per heavy atom. The molecule has 1 saturated carbocycles. The fraction of sp³-hybridized carbons (Fsp3) is 0.667. The molecule has 1 amide bonds. The molecule has 1 aliphatic carbocycles. The van der Waals surface area contributed by atoms with Gasteiger partial charge in [0.15, 0.2) is 5.89 Å².